The van der Waals surface area contributed by atoms with E-state index in [1.54, 1.807) is 0 Å². The molecular weight excluding hydrogens is 871 g/mol. The lowest BCUT2D eigenvalue weighted by molar-refractivity contribution is -0.136. The molecule has 8 rings (SSSR count). The van der Waals surface area contributed by atoms with E-state index in [0.29, 0.717) is 13.1 Å². The summed E-state index contributed by atoms with van der Waals surface area (Å²) in [7, 11) is 2.59. The third-order valence-electron chi connectivity index (χ3n) is 13.6. The van der Waals surface area contributed by atoms with Crippen molar-refractivity contribution in [2.24, 2.45) is 11.8 Å². The number of hydrogen-bond donors (Lipinski definition) is 4. The number of nitrogens with zero attached hydrogens (tertiary/aromatic N) is 5. The van der Waals surface area contributed by atoms with Crippen LogP contribution in [0.15, 0.2) is 97.1 Å². The van der Waals surface area contributed by atoms with Crippen molar-refractivity contribution < 1.29 is 28.7 Å². The summed E-state index contributed by atoms with van der Waals surface area (Å²) in [6.45, 7) is 15.5. The SMILES string of the molecule is COC(=O)N[C@H](C(=O)N1CCC[C@H]1c1cc(-c2ccc(-c3ccc(-c4ccc(-c5cc([C@@H]6CCCN6C(=O)[C@@H](NC(=O)OC)C(C)C)[nH]n5)cc4)n3-c3ccc(C(C)(C)C)cc3)cc2)n[nH]1)C(C)C. The van der Waals surface area contributed by atoms with Gasteiger partial charge in [0.2, 0.25) is 11.8 Å². The van der Waals surface area contributed by atoms with Crippen molar-refractivity contribution in [1.29, 1.82) is 0 Å². The summed E-state index contributed by atoms with van der Waals surface area (Å²) in [4.78, 5) is 55.4. The molecule has 3 aromatic carbocycles. The Balaban J connectivity index is 1.04. The molecule has 0 spiro atoms. The first-order valence-corrected chi connectivity index (χ1v) is 24.0. The lowest BCUT2D eigenvalue weighted by atomic mass is 9.87. The maximum Gasteiger partial charge on any atom is 0.407 e. The second-order valence-corrected chi connectivity index (χ2v) is 19.9. The monoisotopic (exact) mass is 936 g/mol. The van der Waals surface area contributed by atoms with Gasteiger partial charge in [0.15, 0.2) is 0 Å². The van der Waals surface area contributed by atoms with Crippen molar-refractivity contribution in [1.82, 2.24) is 45.4 Å². The summed E-state index contributed by atoms with van der Waals surface area (Å²) in [5, 5.41) is 21.3. The largest absolute Gasteiger partial charge is 0.453 e. The Morgan fingerprint density at radius 3 is 1.35 bits per heavy atom. The van der Waals surface area contributed by atoms with Crippen LogP contribution in [0.25, 0.3) is 50.7 Å². The molecule has 362 valence electrons. The molecule has 3 aromatic heterocycles. The van der Waals surface area contributed by atoms with Gasteiger partial charge in [0.05, 0.1) is 60.5 Å². The summed E-state index contributed by atoms with van der Waals surface area (Å²) in [5.74, 6) is -0.495. The maximum absolute atomic E-state index is 13.7. The van der Waals surface area contributed by atoms with Crippen LogP contribution in [-0.2, 0) is 24.5 Å². The van der Waals surface area contributed by atoms with Crippen molar-refractivity contribution in [3.63, 3.8) is 0 Å². The fraction of sp³-hybridized carbons (Fsp3) is 0.407. The van der Waals surface area contributed by atoms with E-state index >= 15 is 0 Å². The van der Waals surface area contributed by atoms with Gasteiger partial charge in [-0.1, -0.05) is 109 Å². The van der Waals surface area contributed by atoms with Crippen LogP contribution in [0.5, 0.6) is 0 Å². The van der Waals surface area contributed by atoms with E-state index < -0.39 is 24.3 Å². The summed E-state index contributed by atoms with van der Waals surface area (Å²) in [6.07, 6.45) is 2.03. The number of aromatic amines is 2. The van der Waals surface area contributed by atoms with Crippen LogP contribution in [0.2, 0.25) is 0 Å². The van der Waals surface area contributed by atoms with Crippen LogP contribution in [-0.4, -0.2) is 98.2 Å². The summed E-state index contributed by atoms with van der Waals surface area (Å²) in [5.41, 5.74) is 11.6. The quantitative estimate of drug-likeness (QED) is 0.0884. The van der Waals surface area contributed by atoms with E-state index in [1.807, 2.05) is 49.6 Å². The maximum atomic E-state index is 13.7. The molecule has 4 N–H and O–H groups in total. The number of alkyl carbamates (subject to hydrolysis) is 2. The first kappa shape index (κ1) is 48.3. The van der Waals surface area contributed by atoms with E-state index in [1.165, 1.54) is 19.8 Å². The van der Waals surface area contributed by atoms with Gasteiger partial charge >= 0.3 is 12.2 Å². The van der Waals surface area contributed by atoms with E-state index in [0.717, 1.165) is 87.8 Å². The van der Waals surface area contributed by atoms with Crippen molar-refractivity contribution in [2.45, 2.75) is 104 Å². The Hall–Kier alpha value is -7.16. The zero-order valence-corrected chi connectivity index (χ0v) is 41.1. The minimum atomic E-state index is -0.697. The highest BCUT2D eigenvalue weighted by Crippen LogP contribution is 2.38. The molecule has 5 heterocycles. The summed E-state index contributed by atoms with van der Waals surface area (Å²) >= 11 is 0. The second kappa shape index (κ2) is 20.2. The zero-order valence-electron chi connectivity index (χ0n) is 41.1. The number of nitrogens with one attached hydrogen (secondary N) is 4. The lowest BCUT2D eigenvalue weighted by Crippen LogP contribution is -2.51. The molecule has 0 bridgehead atoms. The average Bonchev–Trinajstić information content (AvgIpc) is 4.21. The molecule has 15 heteroatoms. The molecule has 69 heavy (non-hydrogen) atoms. The molecule has 15 nitrogen and oxygen atoms in total. The van der Waals surface area contributed by atoms with Crippen LogP contribution < -0.4 is 10.6 Å². The Morgan fingerprint density at radius 1 is 0.594 bits per heavy atom. The summed E-state index contributed by atoms with van der Waals surface area (Å²) < 4.78 is 11.9. The van der Waals surface area contributed by atoms with Gasteiger partial charge in [0.1, 0.15) is 12.1 Å². The van der Waals surface area contributed by atoms with Gasteiger partial charge in [-0.25, -0.2) is 9.59 Å². The van der Waals surface area contributed by atoms with Crippen LogP contribution in [0.1, 0.15) is 103 Å². The standard InChI is InChI=1S/C54H65N9O6/c1-32(2)48(55-52(66)68-8)50(64)61-28-10-12-46(61)42-30-40(57-59-42)34-14-18-36(19-15-34)44-26-27-45(63(44)39-24-22-38(23-25-39)54(5,6)7)37-20-16-35(17-21-37)41-31-43(60-58-41)47-13-11-29-62(47)51(65)49(33(3)4)56-53(67)69-9/h14-27,30-33,46-49H,10-13,28-29H2,1-9H3,(H,55,66)(H,56,67)(H,57,59)(H,58,60)/t46-,47-,48-,49-/m0/s1. The van der Waals surface area contributed by atoms with E-state index in [2.05, 4.69) is 131 Å². The Labute approximate surface area is 404 Å². The molecule has 2 aliphatic heterocycles. The molecule has 4 atom stereocenters. The number of H-pyrrole nitrogens is 2. The number of methoxy groups -OCH3 is 2. The minimum absolute atomic E-state index is 0.00161. The van der Waals surface area contributed by atoms with Gasteiger partial charge in [-0.05, 0) is 96.0 Å². The molecule has 2 saturated heterocycles. The molecule has 2 aliphatic rings. The molecule has 4 amide bonds. The first-order chi connectivity index (χ1) is 33.1. The molecular formula is C54H65N9O6. The Bertz CT molecular complexity index is 2600. The van der Waals surface area contributed by atoms with Crippen molar-refractivity contribution >= 4 is 24.0 Å². The highest BCUT2D eigenvalue weighted by Gasteiger charge is 2.38. The van der Waals surface area contributed by atoms with E-state index in [-0.39, 0.29) is 41.1 Å². The van der Waals surface area contributed by atoms with Crippen LogP contribution in [0.4, 0.5) is 9.59 Å². The number of amides is 4. The minimum Gasteiger partial charge on any atom is -0.453 e. The number of carbonyl (C=O) groups is 4. The average molecular weight is 936 g/mol. The third kappa shape index (κ3) is 10.2. The number of ether oxygens (including phenoxy) is 2. The van der Waals surface area contributed by atoms with Crippen molar-refractivity contribution in [3.8, 4) is 50.7 Å². The molecule has 0 saturated carbocycles. The Kier molecular flexibility index (Phi) is 14.1. The van der Waals surface area contributed by atoms with Crippen molar-refractivity contribution in [2.75, 3.05) is 27.3 Å². The Morgan fingerprint density at radius 2 is 0.986 bits per heavy atom. The smallest absolute Gasteiger partial charge is 0.407 e. The fourth-order valence-corrected chi connectivity index (χ4v) is 9.67. The normalized spacial score (nSPS) is 17.0. The first-order valence-electron chi connectivity index (χ1n) is 24.0. The topological polar surface area (TPSA) is 180 Å². The number of hydrogen-bond acceptors (Lipinski definition) is 8. The summed E-state index contributed by atoms with van der Waals surface area (Å²) in [6, 6.07) is 32.2. The van der Waals surface area contributed by atoms with Crippen LogP contribution >= 0.6 is 0 Å². The molecule has 0 unspecified atom stereocenters. The number of aromatic nitrogens is 5. The fourth-order valence-electron chi connectivity index (χ4n) is 9.67. The van der Waals surface area contributed by atoms with Crippen LogP contribution in [0.3, 0.4) is 0 Å². The number of carbonyl (C=O) groups excluding carboxylic acids is 4. The molecule has 0 radical (unpaired) electrons. The highest BCUT2D eigenvalue weighted by molar-refractivity contribution is 5.87. The van der Waals surface area contributed by atoms with Gasteiger partial charge in [-0.15, -0.1) is 0 Å². The van der Waals surface area contributed by atoms with Crippen molar-refractivity contribution in [3.05, 3.63) is 114 Å². The van der Waals surface area contributed by atoms with Gasteiger partial charge in [-0.3, -0.25) is 19.8 Å². The predicted molar refractivity (Wildman–Crippen MR) is 266 cm³/mol. The number of benzene rings is 3. The van der Waals surface area contributed by atoms with E-state index in [4.69, 9.17) is 19.7 Å². The lowest BCUT2D eigenvalue weighted by Gasteiger charge is -2.30. The second-order valence-electron chi connectivity index (χ2n) is 19.9. The van der Waals surface area contributed by atoms with Gasteiger partial charge in [0.25, 0.3) is 0 Å². The van der Waals surface area contributed by atoms with Gasteiger partial charge in [-0.2, -0.15) is 10.2 Å². The zero-order chi connectivity index (χ0) is 49.1. The number of likely N-dealkylation sites (tertiary alicyclic amines) is 2. The van der Waals surface area contributed by atoms with Gasteiger partial charge in [0, 0.05) is 29.9 Å². The molecule has 0 aliphatic carbocycles. The third-order valence-corrected chi connectivity index (χ3v) is 13.6. The highest BCUT2D eigenvalue weighted by atomic mass is 16.5. The predicted octanol–water partition coefficient (Wildman–Crippen LogP) is 9.98. The van der Waals surface area contributed by atoms with Crippen LogP contribution in [0, 0.1) is 11.8 Å². The number of rotatable bonds is 13. The molecule has 6 aromatic rings. The van der Waals surface area contributed by atoms with Gasteiger partial charge < -0.3 is 34.5 Å². The van der Waals surface area contributed by atoms with E-state index in [9.17, 15) is 19.2 Å². The molecule has 2 fully saturated rings.